The van der Waals surface area contributed by atoms with Gasteiger partial charge in [-0.1, -0.05) is 49.6 Å². The van der Waals surface area contributed by atoms with Crippen molar-refractivity contribution in [2.24, 2.45) is 5.73 Å². The number of nitrogens with two attached hydrogens (primary N) is 1. The van der Waals surface area contributed by atoms with E-state index in [2.05, 4.69) is 13.2 Å². The number of hydrogen-bond acceptors (Lipinski definition) is 2. The maximum atomic E-state index is 12.2. The van der Waals surface area contributed by atoms with Crippen molar-refractivity contribution in [2.45, 2.75) is 6.04 Å². The summed E-state index contributed by atoms with van der Waals surface area (Å²) < 4.78 is 12.2. The van der Waals surface area contributed by atoms with E-state index in [0.717, 1.165) is 11.1 Å². The first-order valence-corrected chi connectivity index (χ1v) is 5.52. The van der Waals surface area contributed by atoms with Crippen LogP contribution in [0.25, 0.3) is 0 Å². The van der Waals surface area contributed by atoms with Gasteiger partial charge in [-0.05, 0) is 17.2 Å². The predicted molar refractivity (Wildman–Crippen MR) is 69.5 cm³/mol. The summed E-state index contributed by atoms with van der Waals surface area (Å²) in [6, 6.07) is 9.29. The monoisotopic (exact) mass is 235 g/mol. The second kappa shape index (κ2) is 6.30. The molecule has 0 spiro atoms. The molecule has 0 bridgehead atoms. The molecule has 0 radical (unpaired) electrons. The van der Waals surface area contributed by atoms with Crippen LogP contribution in [0.1, 0.15) is 11.6 Å². The van der Waals surface area contributed by atoms with Crippen molar-refractivity contribution in [1.29, 1.82) is 0 Å². The van der Waals surface area contributed by atoms with Gasteiger partial charge in [-0.3, -0.25) is 0 Å². The van der Waals surface area contributed by atoms with E-state index in [0.29, 0.717) is 4.91 Å². The largest absolute Gasteiger partial charge is 0.320 e. The highest BCUT2D eigenvalue weighted by Gasteiger charge is 2.08. The summed E-state index contributed by atoms with van der Waals surface area (Å²) in [5, 5.41) is 0. The maximum absolute atomic E-state index is 12.2. The standard InChI is InChI=1S/C13H14FNS/c1-3-11(9-10(2)16-14)13(15)12-7-5-4-6-8-12/h3-9,13H,1-2,15H2/b11-9+. The summed E-state index contributed by atoms with van der Waals surface area (Å²) in [4.78, 5) is 0.321. The van der Waals surface area contributed by atoms with Crippen LogP contribution in [0.5, 0.6) is 0 Å². The molecule has 0 aliphatic heterocycles. The fourth-order valence-corrected chi connectivity index (χ4v) is 1.52. The lowest BCUT2D eigenvalue weighted by atomic mass is 9.99. The minimum Gasteiger partial charge on any atom is -0.320 e. The van der Waals surface area contributed by atoms with E-state index in [-0.39, 0.29) is 18.2 Å². The molecule has 84 valence electrons. The Kier molecular flexibility index (Phi) is 5.02. The van der Waals surface area contributed by atoms with Crippen molar-refractivity contribution in [1.82, 2.24) is 0 Å². The Morgan fingerprint density at radius 1 is 1.38 bits per heavy atom. The lowest BCUT2D eigenvalue weighted by Gasteiger charge is -2.13. The SMILES string of the molecule is C=C/C(=C\C(=C)SF)C(N)c1ccccc1. The summed E-state index contributed by atoms with van der Waals surface area (Å²) in [5.74, 6) is 0. The van der Waals surface area contributed by atoms with Crippen LogP contribution in [0.3, 0.4) is 0 Å². The molecule has 0 aliphatic carbocycles. The average Bonchev–Trinajstić information content (AvgIpc) is 2.35. The molecule has 1 rings (SSSR count). The van der Waals surface area contributed by atoms with E-state index < -0.39 is 0 Å². The first kappa shape index (κ1) is 12.7. The molecule has 3 heteroatoms. The van der Waals surface area contributed by atoms with Gasteiger partial charge in [0.2, 0.25) is 0 Å². The van der Waals surface area contributed by atoms with Gasteiger partial charge in [0, 0.05) is 4.91 Å². The van der Waals surface area contributed by atoms with E-state index in [1.807, 2.05) is 30.3 Å². The number of rotatable bonds is 5. The molecule has 0 amide bonds. The quantitative estimate of drug-likeness (QED) is 0.782. The summed E-state index contributed by atoms with van der Waals surface area (Å²) in [6.07, 6.45) is 3.23. The number of hydrogen-bond donors (Lipinski definition) is 1. The Bertz CT molecular complexity index is 398. The van der Waals surface area contributed by atoms with Crippen LogP contribution in [-0.2, 0) is 0 Å². The van der Waals surface area contributed by atoms with Gasteiger partial charge in [0.25, 0.3) is 0 Å². The second-order valence-corrected chi connectivity index (χ2v) is 3.96. The summed E-state index contributed by atoms with van der Waals surface area (Å²) in [6.45, 7) is 7.22. The van der Waals surface area contributed by atoms with Crippen LogP contribution in [-0.4, -0.2) is 0 Å². The maximum Gasteiger partial charge on any atom is 0.0806 e. The van der Waals surface area contributed by atoms with Crippen LogP contribution in [0.2, 0.25) is 0 Å². The Morgan fingerprint density at radius 3 is 2.50 bits per heavy atom. The number of halogens is 1. The average molecular weight is 235 g/mol. The highest BCUT2D eigenvalue weighted by Crippen LogP contribution is 2.24. The Balaban J connectivity index is 2.94. The molecule has 0 saturated carbocycles. The Labute approximate surface area is 99.8 Å². The van der Waals surface area contributed by atoms with Crippen molar-refractivity contribution in [3.05, 3.63) is 71.7 Å². The predicted octanol–water partition coefficient (Wildman–Crippen LogP) is 3.93. The first-order valence-electron chi connectivity index (χ1n) is 4.81. The highest BCUT2D eigenvalue weighted by molar-refractivity contribution is 7.98. The fraction of sp³-hybridized carbons (Fsp3) is 0.0769. The van der Waals surface area contributed by atoms with Gasteiger partial charge in [-0.15, -0.1) is 0 Å². The van der Waals surface area contributed by atoms with E-state index in [1.54, 1.807) is 12.2 Å². The second-order valence-electron chi connectivity index (χ2n) is 3.28. The van der Waals surface area contributed by atoms with Gasteiger partial charge in [-0.2, -0.15) is 3.89 Å². The van der Waals surface area contributed by atoms with Crippen molar-refractivity contribution in [3.8, 4) is 0 Å². The molecule has 0 aliphatic rings. The van der Waals surface area contributed by atoms with E-state index in [1.165, 1.54) is 0 Å². The number of benzene rings is 1. The topological polar surface area (TPSA) is 26.0 Å². The highest BCUT2D eigenvalue weighted by atomic mass is 32.2. The van der Waals surface area contributed by atoms with Gasteiger partial charge < -0.3 is 5.73 Å². The molecular weight excluding hydrogens is 221 g/mol. The number of allylic oxidation sites excluding steroid dienone is 1. The van der Waals surface area contributed by atoms with Crippen LogP contribution in [0.15, 0.2) is 66.1 Å². The third-order valence-electron chi connectivity index (χ3n) is 2.18. The molecule has 1 nitrogen and oxygen atoms in total. The van der Waals surface area contributed by atoms with Crippen LogP contribution in [0, 0.1) is 0 Å². The zero-order valence-corrected chi connectivity index (χ0v) is 9.71. The van der Waals surface area contributed by atoms with E-state index >= 15 is 0 Å². The smallest absolute Gasteiger partial charge is 0.0806 e. The van der Waals surface area contributed by atoms with Gasteiger partial charge in [0.15, 0.2) is 0 Å². The molecule has 1 aromatic carbocycles. The molecule has 2 N–H and O–H groups in total. The minimum absolute atomic E-state index is 0.107. The van der Waals surface area contributed by atoms with Crippen LogP contribution >= 0.6 is 12.1 Å². The molecule has 0 heterocycles. The minimum atomic E-state index is -0.303. The zero-order valence-electron chi connectivity index (χ0n) is 8.90. The Morgan fingerprint density at radius 2 is 2.00 bits per heavy atom. The lowest BCUT2D eigenvalue weighted by molar-refractivity contribution is 0.870. The third kappa shape index (κ3) is 3.36. The van der Waals surface area contributed by atoms with Gasteiger partial charge in [-0.25, -0.2) is 0 Å². The molecular formula is C13H14FNS. The molecule has 0 fully saturated rings. The van der Waals surface area contributed by atoms with Crippen molar-refractivity contribution >= 4 is 12.1 Å². The van der Waals surface area contributed by atoms with E-state index in [4.69, 9.17) is 5.73 Å². The molecule has 1 unspecified atom stereocenters. The van der Waals surface area contributed by atoms with Gasteiger partial charge >= 0.3 is 0 Å². The van der Waals surface area contributed by atoms with E-state index in [9.17, 15) is 3.89 Å². The summed E-state index contributed by atoms with van der Waals surface area (Å²) >= 11 is 0.107. The first-order chi connectivity index (χ1) is 7.69. The molecule has 0 aromatic heterocycles. The van der Waals surface area contributed by atoms with Crippen LogP contribution in [0.4, 0.5) is 3.89 Å². The lowest BCUT2D eigenvalue weighted by Crippen LogP contribution is -2.11. The summed E-state index contributed by atoms with van der Waals surface area (Å²) in [7, 11) is 0. The van der Waals surface area contributed by atoms with Gasteiger partial charge in [0.1, 0.15) is 0 Å². The molecule has 1 atom stereocenters. The van der Waals surface area contributed by atoms with Crippen molar-refractivity contribution < 1.29 is 3.89 Å². The zero-order chi connectivity index (χ0) is 12.0. The van der Waals surface area contributed by atoms with Crippen molar-refractivity contribution in [2.75, 3.05) is 0 Å². The molecule has 0 saturated heterocycles. The van der Waals surface area contributed by atoms with Gasteiger partial charge in [0.05, 0.1) is 18.2 Å². The molecule has 1 aromatic rings. The summed E-state index contributed by atoms with van der Waals surface area (Å²) in [5.41, 5.74) is 7.75. The molecule has 16 heavy (non-hydrogen) atoms. The third-order valence-corrected chi connectivity index (χ3v) is 2.50. The Hall–Kier alpha value is -1.32. The van der Waals surface area contributed by atoms with Crippen LogP contribution < -0.4 is 5.73 Å². The normalized spacial score (nSPS) is 13.2. The fourth-order valence-electron chi connectivity index (χ4n) is 1.34. The van der Waals surface area contributed by atoms with Crippen molar-refractivity contribution in [3.63, 3.8) is 0 Å².